The second-order valence-corrected chi connectivity index (χ2v) is 7.03. The van der Waals surface area contributed by atoms with Gasteiger partial charge in [-0.1, -0.05) is 24.3 Å². The van der Waals surface area contributed by atoms with Gasteiger partial charge in [-0.3, -0.25) is 0 Å². The van der Waals surface area contributed by atoms with Crippen molar-refractivity contribution in [3.63, 3.8) is 0 Å². The van der Waals surface area contributed by atoms with Crippen LogP contribution in [0.25, 0.3) is 6.08 Å². The number of benzene rings is 2. The van der Waals surface area contributed by atoms with Crippen LogP contribution < -0.4 is 14.8 Å². The summed E-state index contributed by atoms with van der Waals surface area (Å²) in [5, 5.41) is 13.2. The Morgan fingerprint density at radius 2 is 1.85 bits per heavy atom. The van der Waals surface area contributed by atoms with Gasteiger partial charge in [0.2, 0.25) is 0 Å². The number of fused-ring (bicyclic) bond motifs is 2. The van der Waals surface area contributed by atoms with Crippen molar-refractivity contribution in [3.05, 3.63) is 63.7 Å². The summed E-state index contributed by atoms with van der Waals surface area (Å²) < 4.78 is 11.4. The zero-order valence-corrected chi connectivity index (χ0v) is 15.3. The SMILES string of the molecule is Cc1cc2c(cc1/C=C/C1NCCc3cc(C)c(CO)cc31)OCCO2. The van der Waals surface area contributed by atoms with Crippen LogP contribution in [0, 0.1) is 13.8 Å². The van der Waals surface area contributed by atoms with Crippen molar-refractivity contribution in [2.45, 2.75) is 32.9 Å². The molecular weight excluding hydrogens is 326 g/mol. The summed E-state index contributed by atoms with van der Waals surface area (Å²) in [5.41, 5.74) is 7.10. The number of hydrogen-bond acceptors (Lipinski definition) is 4. The molecule has 0 fully saturated rings. The first-order valence-electron chi connectivity index (χ1n) is 9.20. The zero-order chi connectivity index (χ0) is 18.1. The van der Waals surface area contributed by atoms with Gasteiger partial charge in [-0.05, 0) is 65.8 Å². The number of ether oxygens (including phenoxy) is 2. The largest absolute Gasteiger partial charge is 0.486 e. The highest BCUT2D eigenvalue weighted by molar-refractivity contribution is 5.61. The van der Waals surface area contributed by atoms with E-state index in [4.69, 9.17) is 9.47 Å². The first-order valence-corrected chi connectivity index (χ1v) is 9.20. The fourth-order valence-electron chi connectivity index (χ4n) is 3.74. The van der Waals surface area contributed by atoms with Gasteiger partial charge >= 0.3 is 0 Å². The molecule has 2 aliphatic heterocycles. The first kappa shape index (κ1) is 17.1. The van der Waals surface area contributed by atoms with Crippen LogP contribution >= 0.6 is 0 Å². The van der Waals surface area contributed by atoms with E-state index in [1.165, 1.54) is 22.3 Å². The smallest absolute Gasteiger partial charge is 0.161 e. The molecule has 0 saturated heterocycles. The van der Waals surface area contributed by atoms with E-state index in [-0.39, 0.29) is 12.6 Å². The van der Waals surface area contributed by atoms with Crippen LogP contribution in [0.5, 0.6) is 11.5 Å². The van der Waals surface area contributed by atoms with E-state index < -0.39 is 0 Å². The average molecular weight is 351 g/mol. The topological polar surface area (TPSA) is 50.7 Å². The van der Waals surface area contributed by atoms with Crippen molar-refractivity contribution in [3.8, 4) is 11.5 Å². The Morgan fingerprint density at radius 1 is 1.08 bits per heavy atom. The standard InChI is InChI=1S/C22H25NO3/c1-14-9-17-5-6-23-20(19(17)11-18(14)13-24)4-3-16-12-22-21(10-15(16)2)25-7-8-26-22/h3-4,9-12,20,23-24H,5-8,13H2,1-2H3/b4-3+. The fourth-order valence-corrected chi connectivity index (χ4v) is 3.74. The molecule has 136 valence electrons. The third-order valence-electron chi connectivity index (χ3n) is 5.26. The highest BCUT2D eigenvalue weighted by Crippen LogP contribution is 2.34. The summed E-state index contributed by atoms with van der Waals surface area (Å²) in [6.45, 7) is 6.40. The predicted octanol–water partition coefficient (Wildman–Crippen LogP) is 3.47. The van der Waals surface area contributed by atoms with Gasteiger partial charge in [0, 0.05) is 6.54 Å². The number of aliphatic hydroxyl groups excluding tert-OH is 1. The summed E-state index contributed by atoms with van der Waals surface area (Å²) in [6.07, 6.45) is 5.38. The molecule has 0 aliphatic carbocycles. The highest BCUT2D eigenvalue weighted by atomic mass is 16.6. The van der Waals surface area contributed by atoms with Crippen molar-refractivity contribution >= 4 is 6.08 Å². The second-order valence-electron chi connectivity index (χ2n) is 7.03. The molecule has 4 rings (SSSR count). The minimum absolute atomic E-state index is 0.0802. The average Bonchev–Trinajstić information content (AvgIpc) is 2.65. The number of rotatable bonds is 3. The van der Waals surface area contributed by atoms with Gasteiger partial charge in [0.15, 0.2) is 11.5 Å². The molecular formula is C22H25NO3. The summed E-state index contributed by atoms with van der Waals surface area (Å²) in [4.78, 5) is 0. The van der Waals surface area contributed by atoms with Crippen LogP contribution in [0.1, 0.15) is 39.4 Å². The molecule has 2 aromatic carbocycles. The lowest BCUT2D eigenvalue weighted by Crippen LogP contribution is -2.28. The predicted molar refractivity (Wildman–Crippen MR) is 103 cm³/mol. The van der Waals surface area contributed by atoms with E-state index in [0.717, 1.165) is 35.6 Å². The van der Waals surface area contributed by atoms with Gasteiger partial charge in [-0.25, -0.2) is 0 Å². The van der Waals surface area contributed by atoms with Crippen molar-refractivity contribution in [1.82, 2.24) is 5.32 Å². The molecule has 2 aliphatic rings. The van der Waals surface area contributed by atoms with E-state index >= 15 is 0 Å². The van der Waals surface area contributed by atoms with Crippen LogP contribution in [0.15, 0.2) is 30.3 Å². The number of hydrogen-bond donors (Lipinski definition) is 2. The summed E-state index contributed by atoms with van der Waals surface area (Å²) in [7, 11) is 0. The van der Waals surface area contributed by atoms with Crippen LogP contribution in [0.2, 0.25) is 0 Å². The molecule has 2 N–H and O–H groups in total. The van der Waals surface area contributed by atoms with E-state index in [1.807, 2.05) is 6.07 Å². The fraction of sp³-hybridized carbons (Fsp3) is 0.364. The molecule has 0 spiro atoms. The van der Waals surface area contributed by atoms with Gasteiger partial charge in [-0.15, -0.1) is 0 Å². The van der Waals surface area contributed by atoms with Gasteiger partial charge in [-0.2, -0.15) is 0 Å². The molecule has 1 unspecified atom stereocenters. The number of nitrogens with one attached hydrogen (secondary N) is 1. The molecule has 2 heterocycles. The summed E-state index contributed by atoms with van der Waals surface area (Å²) in [5.74, 6) is 1.65. The van der Waals surface area contributed by atoms with E-state index in [1.54, 1.807) is 0 Å². The monoisotopic (exact) mass is 351 g/mol. The molecule has 26 heavy (non-hydrogen) atoms. The van der Waals surface area contributed by atoms with E-state index in [0.29, 0.717) is 13.2 Å². The van der Waals surface area contributed by atoms with Crippen molar-refractivity contribution < 1.29 is 14.6 Å². The van der Waals surface area contributed by atoms with Gasteiger partial charge in [0.25, 0.3) is 0 Å². The van der Waals surface area contributed by atoms with E-state index in [9.17, 15) is 5.11 Å². The molecule has 4 heteroatoms. The first-order chi connectivity index (χ1) is 12.7. The van der Waals surface area contributed by atoms with Crippen LogP contribution in [0.3, 0.4) is 0 Å². The Bertz CT molecular complexity index is 857. The zero-order valence-electron chi connectivity index (χ0n) is 15.3. The third kappa shape index (κ3) is 3.22. The summed E-state index contributed by atoms with van der Waals surface area (Å²) in [6, 6.07) is 8.61. The Hall–Kier alpha value is -2.30. The normalized spacial score (nSPS) is 18.8. The molecule has 4 nitrogen and oxygen atoms in total. The number of aliphatic hydroxyl groups is 1. The van der Waals surface area contributed by atoms with Gasteiger partial charge < -0.3 is 19.9 Å². The Morgan fingerprint density at radius 3 is 2.62 bits per heavy atom. The maximum absolute atomic E-state index is 9.60. The lowest BCUT2D eigenvalue weighted by Gasteiger charge is -2.26. The van der Waals surface area contributed by atoms with Crippen molar-refractivity contribution in [2.75, 3.05) is 19.8 Å². The molecule has 0 bridgehead atoms. The molecule has 1 atom stereocenters. The molecule has 0 saturated carbocycles. The molecule has 0 aromatic heterocycles. The van der Waals surface area contributed by atoms with Crippen LogP contribution in [0.4, 0.5) is 0 Å². The van der Waals surface area contributed by atoms with Crippen LogP contribution in [-0.4, -0.2) is 24.9 Å². The minimum Gasteiger partial charge on any atom is -0.486 e. The van der Waals surface area contributed by atoms with Crippen LogP contribution in [-0.2, 0) is 13.0 Å². The van der Waals surface area contributed by atoms with Gasteiger partial charge in [0.05, 0.1) is 12.6 Å². The molecule has 2 aromatic rings. The second kappa shape index (κ2) is 7.14. The summed E-state index contributed by atoms with van der Waals surface area (Å²) >= 11 is 0. The molecule has 0 amide bonds. The van der Waals surface area contributed by atoms with Crippen molar-refractivity contribution in [1.29, 1.82) is 0 Å². The Balaban J connectivity index is 1.64. The Labute approximate surface area is 154 Å². The quantitative estimate of drug-likeness (QED) is 0.889. The number of aryl methyl sites for hydroxylation is 2. The third-order valence-corrected chi connectivity index (χ3v) is 5.26. The van der Waals surface area contributed by atoms with E-state index in [2.05, 4.69) is 49.5 Å². The Kier molecular flexibility index (Phi) is 4.70. The lowest BCUT2D eigenvalue weighted by molar-refractivity contribution is 0.171. The minimum atomic E-state index is 0.0802. The molecule has 0 radical (unpaired) electrons. The van der Waals surface area contributed by atoms with Crippen molar-refractivity contribution in [2.24, 2.45) is 0 Å². The highest BCUT2D eigenvalue weighted by Gasteiger charge is 2.19. The lowest BCUT2D eigenvalue weighted by atomic mass is 9.89. The maximum atomic E-state index is 9.60. The van der Waals surface area contributed by atoms with Gasteiger partial charge in [0.1, 0.15) is 13.2 Å². The maximum Gasteiger partial charge on any atom is 0.161 e.